The first-order chi connectivity index (χ1) is 21.1. The molecular weight excluding hydrogens is 664 g/mol. The van der Waals surface area contributed by atoms with Crippen molar-refractivity contribution in [1.82, 2.24) is 0 Å². The predicted octanol–water partition coefficient (Wildman–Crippen LogP) is 12.5. The SMILES string of the molecule is CCCCCc1cc(F)c(-c2ccc(C(F)(F)OC3CCC(C(F)(F)Oc4ccc(S(F)(F)(F)(F)F)c(F)c4)CC3)cc2)c(F)c1. The Morgan fingerprint density at radius 1 is 0.739 bits per heavy atom. The third-order valence-corrected chi connectivity index (χ3v) is 8.88. The van der Waals surface area contributed by atoms with Crippen molar-refractivity contribution in [3.63, 3.8) is 0 Å². The molecule has 1 aliphatic rings. The minimum atomic E-state index is -10.4. The molecule has 3 aromatic rings. The van der Waals surface area contributed by atoms with Crippen LogP contribution in [0.1, 0.15) is 63.0 Å². The summed E-state index contributed by atoms with van der Waals surface area (Å²) in [5, 5.41) is 0. The van der Waals surface area contributed by atoms with Crippen LogP contribution in [0, 0.1) is 23.4 Å². The van der Waals surface area contributed by atoms with Crippen LogP contribution in [-0.2, 0) is 17.3 Å². The molecule has 0 bridgehead atoms. The normalized spacial score (nSPS) is 19.4. The summed E-state index contributed by atoms with van der Waals surface area (Å²) in [4.78, 5) is -2.88. The number of hydrogen-bond acceptors (Lipinski definition) is 2. The fourth-order valence-electron chi connectivity index (χ4n) is 5.35. The molecule has 0 spiro atoms. The minimum Gasteiger partial charge on any atom is -0.432 e. The maximum Gasteiger partial charge on any atom is 0.400 e. The van der Waals surface area contributed by atoms with Gasteiger partial charge in [-0.15, -0.1) is 0 Å². The summed E-state index contributed by atoms with van der Waals surface area (Å²) < 4.78 is 176. The zero-order valence-corrected chi connectivity index (χ0v) is 25.1. The standard InChI is InChI=1S/C31H30F12O2S/c1-2-3-4-5-19-16-26(33)29(27(34)17-19)20-6-8-21(9-7-20)30(35,36)44-23-12-10-22(11-13-23)31(37,38)45-24-14-15-28(25(32)18-24)46(39,40,41,42)43/h6-9,14-18,22-23H,2-5,10-13H2,1H3. The Balaban J connectivity index is 1.36. The van der Waals surface area contributed by atoms with Gasteiger partial charge in [0.05, 0.1) is 23.1 Å². The average Bonchev–Trinajstić information content (AvgIpc) is 2.91. The molecule has 0 aliphatic heterocycles. The zero-order chi connectivity index (χ0) is 34.2. The molecule has 3 aromatic carbocycles. The maximum atomic E-state index is 15.0. The van der Waals surface area contributed by atoms with Crippen LogP contribution < -0.4 is 4.74 Å². The van der Waals surface area contributed by atoms with E-state index in [1.165, 1.54) is 12.1 Å². The summed E-state index contributed by atoms with van der Waals surface area (Å²) in [5.41, 5.74) is -0.541. The fraction of sp³-hybridized carbons (Fsp3) is 0.419. The molecule has 0 atom stereocenters. The largest absolute Gasteiger partial charge is 0.432 e. The molecule has 256 valence electrons. The van der Waals surface area contributed by atoms with E-state index in [0.29, 0.717) is 12.0 Å². The molecular formula is C31H30F12O2S. The van der Waals surface area contributed by atoms with Crippen LogP contribution in [0.3, 0.4) is 0 Å². The number of unbranched alkanes of at least 4 members (excludes halogenated alkanes) is 2. The molecule has 0 N–H and O–H groups in total. The molecule has 2 nitrogen and oxygen atoms in total. The Labute approximate surface area is 257 Å². The van der Waals surface area contributed by atoms with E-state index in [9.17, 15) is 50.2 Å². The summed E-state index contributed by atoms with van der Waals surface area (Å²) in [7, 11) is -10.4. The van der Waals surface area contributed by atoms with Gasteiger partial charge in [-0.25, -0.2) is 13.2 Å². The second kappa shape index (κ2) is 12.2. The highest BCUT2D eigenvalue weighted by atomic mass is 32.5. The van der Waals surface area contributed by atoms with E-state index in [0.717, 1.165) is 43.5 Å². The second-order valence-corrected chi connectivity index (χ2v) is 13.7. The summed E-state index contributed by atoms with van der Waals surface area (Å²) in [6.07, 6.45) is -7.64. The Morgan fingerprint density at radius 2 is 1.33 bits per heavy atom. The van der Waals surface area contributed by atoms with Crippen molar-refractivity contribution in [1.29, 1.82) is 0 Å². The number of aryl methyl sites for hydroxylation is 1. The van der Waals surface area contributed by atoms with Crippen molar-refractivity contribution >= 4 is 10.2 Å². The van der Waals surface area contributed by atoms with Crippen LogP contribution in [0.5, 0.6) is 5.75 Å². The monoisotopic (exact) mass is 694 g/mol. The molecule has 0 heterocycles. The van der Waals surface area contributed by atoms with Gasteiger partial charge in [0.15, 0.2) is 0 Å². The summed E-state index contributed by atoms with van der Waals surface area (Å²) in [6, 6.07) is 5.99. The van der Waals surface area contributed by atoms with Crippen molar-refractivity contribution < 1.29 is 59.6 Å². The third-order valence-electron chi connectivity index (χ3n) is 7.72. The summed E-state index contributed by atoms with van der Waals surface area (Å²) in [5.74, 6) is -6.95. The summed E-state index contributed by atoms with van der Waals surface area (Å²) >= 11 is 0. The average molecular weight is 695 g/mol. The van der Waals surface area contributed by atoms with Gasteiger partial charge in [0, 0.05) is 6.07 Å². The zero-order valence-electron chi connectivity index (χ0n) is 24.3. The Morgan fingerprint density at radius 3 is 1.85 bits per heavy atom. The lowest BCUT2D eigenvalue weighted by molar-refractivity contribution is -0.284. The Hall–Kier alpha value is -3.07. The highest BCUT2D eigenvalue weighted by Gasteiger charge is 2.67. The van der Waals surface area contributed by atoms with Crippen molar-refractivity contribution in [2.24, 2.45) is 5.92 Å². The quantitative estimate of drug-likeness (QED) is 0.139. The van der Waals surface area contributed by atoms with Crippen LogP contribution in [0.4, 0.5) is 50.2 Å². The fourth-order valence-corrected chi connectivity index (χ4v) is 6.10. The first-order valence-corrected chi connectivity index (χ1v) is 16.3. The number of ether oxygens (including phenoxy) is 2. The Bertz CT molecular complexity index is 1510. The van der Waals surface area contributed by atoms with Crippen LogP contribution >= 0.6 is 10.2 Å². The van der Waals surface area contributed by atoms with Crippen LogP contribution in [-0.4, -0.2) is 12.2 Å². The molecule has 0 unspecified atom stereocenters. The molecule has 4 rings (SSSR count). The van der Waals surface area contributed by atoms with Crippen molar-refractivity contribution in [2.75, 3.05) is 0 Å². The molecule has 1 fully saturated rings. The highest BCUT2D eigenvalue weighted by molar-refractivity contribution is 8.45. The van der Waals surface area contributed by atoms with Crippen LogP contribution in [0.15, 0.2) is 59.5 Å². The van der Waals surface area contributed by atoms with Gasteiger partial charge in [0.25, 0.3) is 0 Å². The number of alkyl halides is 4. The topological polar surface area (TPSA) is 18.5 Å². The second-order valence-electron chi connectivity index (χ2n) is 11.3. The van der Waals surface area contributed by atoms with Gasteiger partial charge < -0.3 is 9.47 Å². The first-order valence-electron chi connectivity index (χ1n) is 14.3. The molecule has 1 saturated carbocycles. The van der Waals surface area contributed by atoms with E-state index >= 15 is 0 Å². The molecule has 0 aromatic heterocycles. The number of halogens is 12. The van der Waals surface area contributed by atoms with E-state index in [-0.39, 0.29) is 42.2 Å². The van der Waals surface area contributed by atoms with Crippen LogP contribution in [0.2, 0.25) is 0 Å². The highest BCUT2D eigenvalue weighted by Crippen LogP contribution is 3.02. The molecule has 0 saturated heterocycles. The van der Waals surface area contributed by atoms with Crippen molar-refractivity contribution in [3.8, 4) is 16.9 Å². The van der Waals surface area contributed by atoms with Gasteiger partial charge >= 0.3 is 22.4 Å². The first kappa shape index (κ1) is 35.8. The minimum absolute atomic E-state index is 0.0143. The van der Waals surface area contributed by atoms with Gasteiger partial charge in [-0.3, -0.25) is 0 Å². The number of benzene rings is 3. The number of rotatable bonds is 12. The van der Waals surface area contributed by atoms with E-state index in [4.69, 9.17) is 4.74 Å². The van der Waals surface area contributed by atoms with E-state index in [1.54, 1.807) is 0 Å². The van der Waals surface area contributed by atoms with Gasteiger partial charge in [0.1, 0.15) is 28.1 Å². The third kappa shape index (κ3) is 8.64. The van der Waals surface area contributed by atoms with Gasteiger partial charge in [0.2, 0.25) is 0 Å². The van der Waals surface area contributed by atoms with Gasteiger partial charge in [-0.05, 0) is 86.1 Å². The number of hydrogen-bond donors (Lipinski definition) is 0. The van der Waals surface area contributed by atoms with Crippen LogP contribution in [0.25, 0.3) is 11.1 Å². The van der Waals surface area contributed by atoms with E-state index < -0.39 is 81.0 Å². The molecule has 0 amide bonds. The lowest BCUT2D eigenvalue weighted by Crippen LogP contribution is -2.39. The lowest BCUT2D eigenvalue weighted by atomic mass is 9.86. The van der Waals surface area contributed by atoms with Gasteiger partial charge in [-0.2, -0.15) is 17.6 Å². The predicted molar refractivity (Wildman–Crippen MR) is 149 cm³/mol. The van der Waals surface area contributed by atoms with Crippen molar-refractivity contribution in [2.45, 2.75) is 81.5 Å². The maximum absolute atomic E-state index is 15.0. The smallest absolute Gasteiger partial charge is 0.400 e. The van der Waals surface area contributed by atoms with E-state index in [1.807, 2.05) is 6.92 Å². The lowest BCUT2D eigenvalue weighted by Gasteiger charge is -2.40. The summed E-state index contributed by atoms with van der Waals surface area (Å²) in [6.45, 7) is 1.99. The molecule has 46 heavy (non-hydrogen) atoms. The molecule has 0 radical (unpaired) electrons. The van der Waals surface area contributed by atoms with E-state index in [2.05, 4.69) is 4.74 Å². The Kier molecular flexibility index (Phi) is 9.48. The van der Waals surface area contributed by atoms with Gasteiger partial charge in [-0.1, -0.05) is 51.3 Å². The van der Waals surface area contributed by atoms with Crippen molar-refractivity contribution in [3.05, 3.63) is 83.2 Å². The molecule has 1 aliphatic carbocycles. The molecule has 15 heteroatoms.